The highest BCUT2D eigenvalue weighted by Gasteiger charge is 2.41. The maximum atomic E-state index is 14.0. The third kappa shape index (κ3) is 8.49. The summed E-state index contributed by atoms with van der Waals surface area (Å²) in [5.74, 6) is -1.41. The van der Waals surface area contributed by atoms with Gasteiger partial charge in [-0.05, 0) is 43.6 Å². The second-order valence-electron chi connectivity index (χ2n) is 15.0. The molecule has 0 radical (unpaired) electrons. The number of carbonyl (C=O) groups excluding carboxylic acids is 4. The number of aliphatic imine (C=N–C) groups is 2. The molecule has 3 aromatic rings. The Morgan fingerprint density at radius 1 is 0.630 bits per heavy atom. The predicted octanol–water partition coefficient (Wildman–Crippen LogP) is 4.41. The molecule has 4 N–H and O–H groups in total. The number of hydrogen-bond donors (Lipinski definition) is 4. The van der Waals surface area contributed by atoms with Gasteiger partial charge in [0.1, 0.15) is 45.7 Å². The number of fused-ring (bicyclic) bond motifs is 6. The summed E-state index contributed by atoms with van der Waals surface area (Å²) < 4.78 is 12.3. The van der Waals surface area contributed by atoms with Gasteiger partial charge >= 0.3 is 0 Å². The minimum atomic E-state index is -0.892. The van der Waals surface area contributed by atoms with Gasteiger partial charge in [-0.3, -0.25) is 19.2 Å². The summed E-state index contributed by atoms with van der Waals surface area (Å²) >= 11 is 2.54. The normalized spacial score (nSPS) is 28.0. The molecule has 8 unspecified atom stereocenters. The number of nitrogens with one attached hydrogen (secondary N) is 4. The highest BCUT2D eigenvalue weighted by atomic mass is 32.1. The summed E-state index contributed by atoms with van der Waals surface area (Å²) in [5.41, 5.74) is 1.34. The highest BCUT2D eigenvalue weighted by Crippen LogP contribution is 2.29. The first kappa shape index (κ1) is 39.0. The van der Waals surface area contributed by atoms with Crippen molar-refractivity contribution in [2.75, 3.05) is 0 Å². The van der Waals surface area contributed by atoms with Gasteiger partial charge < -0.3 is 30.7 Å². The topological polar surface area (TPSA) is 185 Å². The van der Waals surface area contributed by atoms with Gasteiger partial charge in [0.25, 0.3) is 11.8 Å². The lowest BCUT2D eigenvalue weighted by atomic mass is 10.0. The van der Waals surface area contributed by atoms with Crippen molar-refractivity contribution in [1.82, 2.24) is 31.2 Å². The van der Waals surface area contributed by atoms with E-state index in [9.17, 15) is 19.2 Å². The number of nitrogens with zero attached hydrogens (tertiary/aromatic N) is 4. The van der Waals surface area contributed by atoms with E-state index in [2.05, 4.69) is 31.2 Å². The molecule has 2 aromatic heterocycles. The van der Waals surface area contributed by atoms with Gasteiger partial charge in [0, 0.05) is 10.8 Å². The molecule has 3 aliphatic rings. The molecule has 288 valence electrons. The lowest BCUT2D eigenvalue weighted by Crippen LogP contribution is -2.45. The Hall–Kier alpha value is -4.70. The highest BCUT2D eigenvalue weighted by molar-refractivity contribution is 7.10. The van der Waals surface area contributed by atoms with Crippen LogP contribution < -0.4 is 21.3 Å². The van der Waals surface area contributed by atoms with Gasteiger partial charge in [0.2, 0.25) is 23.6 Å². The van der Waals surface area contributed by atoms with Crippen LogP contribution in [0.25, 0.3) is 0 Å². The number of benzene rings is 1. The van der Waals surface area contributed by atoms with E-state index in [1.54, 1.807) is 24.6 Å². The summed E-state index contributed by atoms with van der Waals surface area (Å²) in [4.78, 5) is 73.8. The largest absolute Gasteiger partial charge is 0.474 e. The van der Waals surface area contributed by atoms with Crippen molar-refractivity contribution >= 4 is 58.1 Å². The van der Waals surface area contributed by atoms with E-state index >= 15 is 0 Å². The van der Waals surface area contributed by atoms with E-state index in [4.69, 9.17) is 19.5 Å². The van der Waals surface area contributed by atoms with Crippen molar-refractivity contribution in [3.05, 3.63) is 68.1 Å². The molecule has 16 heteroatoms. The lowest BCUT2D eigenvalue weighted by Gasteiger charge is -2.23. The number of amides is 4. The summed E-state index contributed by atoms with van der Waals surface area (Å²) in [6, 6.07) is 5.56. The monoisotopic (exact) mass is 776 g/mol. The molecule has 4 amide bonds. The minimum absolute atomic E-state index is 0.0668. The zero-order chi connectivity index (χ0) is 38.8. The smallest absolute Gasteiger partial charge is 0.271 e. The average molecular weight is 777 g/mol. The molecular formula is C38H48N8O6S2. The molecule has 0 saturated heterocycles. The van der Waals surface area contributed by atoms with E-state index < -0.39 is 60.3 Å². The van der Waals surface area contributed by atoms with Gasteiger partial charge in [0.05, 0.1) is 12.1 Å². The Morgan fingerprint density at radius 3 is 1.59 bits per heavy atom. The van der Waals surface area contributed by atoms with Gasteiger partial charge in [-0.2, -0.15) is 0 Å². The van der Waals surface area contributed by atoms with Gasteiger partial charge in [-0.1, -0.05) is 71.9 Å². The van der Waals surface area contributed by atoms with Crippen molar-refractivity contribution in [2.24, 2.45) is 27.7 Å². The van der Waals surface area contributed by atoms with Gasteiger partial charge in [-0.25, -0.2) is 20.0 Å². The van der Waals surface area contributed by atoms with Crippen molar-refractivity contribution in [3.63, 3.8) is 0 Å². The van der Waals surface area contributed by atoms with E-state index in [1.165, 1.54) is 22.7 Å². The van der Waals surface area contributed by atoms with E-state index in [0.717, 1.165) is 5.56 Å². The predicted molar refractivity (Wildman–Crippen MR) is 207 cm³/mol. The summed E-state index contributed by atoms with van der Waals surface area (Å²) in [6.07, 6.45) is -0.791. The molecular weight excluding hydrogens is 729 g/mol. The third-order valence-electron chi connectivity index (χ3n) is 9.65. The number of hydrogen-bond acceptors (Lipinski definition) is 12. The van der Waals surface area contributed by atoms with Crippen LogP contribution in [0.15, 0.2) is 51.1 Å². The Kier molecular flexibility index (Phi) is 11.8. The summed E-state index contributed by atoms with van der Waals surface area (Å²) in [6.45, 7) is 15.2. The fourth-order valence-corrected chi connectivity index (χ4v) is 8.38. The van der Waals surface area contributed by atoms with E-state index in [0.29, 0.717) is 16.4 Å². The number of ether oxygens (including phenoxy) is 2. The average Bonchev–Trinajstić information content (AvgIpc) is 3.94. The number of aromatic nitrogens is 2. The van der Waals surface area contributed by atoms with Crippen molar-refractivity contribution in [3.8, 4) is 0 Å². The van der Waals surface area contributed by atoms with Crippen molar-refractivity contribution < 1.29 is 28.7 Å². The van der Waals surface area contributed by atoms with Gasteiger partial charge in [-0.15, -0.1) is 22.7 Å². The summed E-state index contributed by atoms with van der Waals surface area (Å²) in [7, 11) is 0. The zero-order valence-electron chi connectivity index (χ0n) is 31.7. The van der Waals surface area contributed by atoms with Crippen molar-refractivity contribution in [2.45, 2.75) is 110 Å². The number of thiazole rings is 2. The SMILES string of the molecule is CC(C)C1NC(=O)c2csc(n2)C(C(C)C)NC(=O)C2N=C(OC2C)C(C(C)C)NC(=O)c2csc(n2)C(Cc2ccccc2)NC(=O)C2N=C1OC2C. The van der Waals surface area contributed by atoms with Crippen LogP contribution in [0.1, 0.15) is 104 Å². The Bertz CT molecular complexity index is 1920. The summed E-state index contributed by atoms with van der Waals surface area (Å²) in [5, 5.41) is 16.7. The molecule has 0 fully saturated rings. The molecule has 0 spiro atoms. The quantitative estimate of drug-likeness (QED) is 0.294. The molecule has 3 aliphatic heterocycles. The van der Waals surface area contributed by atoms with Crippen LogP contribution in [0.4, 0.5) is 0 Å². The molecule has 8 atom stereocenters. The Labute approximate surface area is 323 Å². The van der Waals surface area contributed by atoms with Crippen LogP contribution in [0.2, 0.25) is 0 Å². The first-order valence-electron chi connectivity index (χ1n) is 18.4. The van der Waals surface area contributed by atoms with Gasteiger partial charge in [0.15, 0.2) is 12.1 Å². The van der Waals surface area contributed by atoms with Crippen LogP contribution in [-0.4, -0.2) is 81.8 Å². The Balaban J connectivity index is 1.38. The van der Waals surface area contributed by atoms with Crippen LogP contribution in [0.3, 0.4) is 0 Å². The molecule has 0 aliphatic carbocycles. The van der Waals surface area contributed by atoms with Crippen LogP contribution >= 0.6 is 22.7 Å². The van der Waals surface area contributed by atoms with Crippen LogP contribution in [-0.2, 0) is 25.5 Å². The molecule has 5 heterocycles. The van der Waals surface area contributed by atoms with Crippen molar-refractivity contribution in [1.29, 1.82) is 0 Å². The molecule has 8 bridgehead atoms. The van der Waals surface area contributed by atoms with E-state index in [1.807, 2.05) is 71.9 Å². The molecule has 6 rings (SSSR count). The first-order chi connectivity index (χ1) is 25.7. The van der Waals surface area contributed by atoms with Crippen LogP contribution in [0, 0.1) is 17.8 Å². The molecule has 0 saturated carbocycles. The maximum absolute atomic E-state index is 14.0. The Morgan fingerprint density at radius 2 is 1.09 bits per heavy atom. The zero-order valence-corrected chi connectivity index (χ0v) is 33.3. The molecule has 1 aromatic carbocycles. The molecule has 54 heavy (non-hydrogen) atoms. The minimum Gasteiger partial charge on any atom is -0.474 e. The third-order valence-corrected chi connectivity index (χ3v) is 11.5. The standard InChI is InChI=1S/C38H48N8O6S2/c1-17(2)26-35-45-29(20(7)51-35)33(49)39-23(14-22-12-10-9-11-13-22)37-40-24(15-53-37)31(47)42-27(18(3)4)36-46-30(21(8)52-36)34(50)44-28(19(5)6)38-41-25(16-54-38)32(48)43-26/h9-13,15-21,23,26-30H,14H2,1-8H3,(H,39,49)(H,42,47)(H,43,48)(H,44,50). The number of rotatable bonds is 5. The first-order valence-corrected chi connectivity index (χ1v) is 20.1. The second kappa shape index (κ2) is 16.3. The number of carbonyl (C=O) groups is 4. The fraction of sp³-hybridized carbons (Fsp3) is 0.526. The van der Waals surface area contributed by atoms with E-state index in [-0.39, 0.29) is 52.8 Å². The lowest BCUT2D eigenvalue weighted by molar-refractivity contribution is -0.125. The molecule has 14 nitrogen and oxygen atoms in total. The van der Waals surface area contributed by atoms with Crippen LogP contribution in [0.5, 0.6) is 0 Å². The maximum Gasteiger partial charge on any atom is 0.271 e. The second-order valence-corrected chi connectivity index (χ2v) is 16.8. The fourth-order valence-electron chi connectivity index (χ4n) is 6.51.